The van der Waals surface area contributed by atoms with Crippen LogP contribution in [0.5, 0.6) is 0 Å². The standard InChI is InChI=1S/C9H15N3S/c1-6-9(13-7(2)11-6)5-12-3-8(10)4-12/h8H,3-5,10H2,1-2H3. The first-order valence-electron chi connectivity index (χ1n) is 4.56. The molecule has 13 heavy (non-hydrogen) atoms. The van der Waals surface area contributed by atoms with Crippen LogP contribution >= 0.6 is 11.3 Å². The van der Waals surface area contributed by atoms with Crippen molar-refractivity contribution in [3.05, 3.63) is 15.6 Å². The van der Waals surface area contributed by atoms with Crippen LogP contribution in [0.4, 0.5) is 0 Å². The molecule has 72 valence electrons. The van der Waals surface area contributed by atoms with E-state index < -0.39 is 0 Å². The number of hydrogen-bond acceptors (Lipinski definition) is 4. The Labute approximate surface area is 82.6 Å². The van der Waals surface area contributed by atoms with Gasteiger partial charge in [0.25, 0.3) is 0 Å². The second-order valence-corrected chi connectivity index (χ2v) is 4.98. The molecule has 1 aliphatic heterocycles. The summed E-state index contributed by atoms with van der Waals surface area (Å²) in [6, 6.07) is 0.398. The summed E-state index contributed by atoms with van der Waals surface area (Å²) in [7, 11) is 0. The molecule has 0 bridgehead atoms. The van der Waals surface area contributed by atoms with Crippen molar-refractivity contribution < 1.29 is 0 Å². The fraction of sp³-hybridized carbons (Fsp3) is 0.667. The second-order valence-electron chi connectivity index (χ2n) is 3.70. The van der Waals surface area contributed by atoms with Crippen molar-refractivity contribution in [2.24, 2.45) is 5.73 Å². The first kappa shape index (κ1) is 9.12. The van der Waals surface area contributed by atoms with Crippen molar-refractivity contribution >= 4 is 11.3 Å². The SMILES string of the molecule is Cc1nc(C)c(CN2CC(N)C2)s1. The van der Waals surface area contributed by atoms with E-state index in [0.717, 1.165) is 24.6 Å². The number of nitrogens with zero attached hydrogens (tertiary/aromatic N) is 2. The minimum atomic E-state index is 0.398. The smallest absolute Gasteiger partial charge is 0.0900 e. The van der Waals surface area contributed by atoms with E-state index in [9.17, 15) is 0 Å². The van der Waals surface area contributed by atoms with Crippen LogP contribution in [0.3, 0.4) is 0 Å². The maximum Gasteiger partial charge on any atom is 0.0900 e. The van der Waals surface area contributed by atoms with Gasteiger partial charge in [0.05, 0.1) is 10.7 Å². The maximum absolute atomic E-state index is 5.71. The van der Waals surface area contributed by atoms with Crippen molar-refractivity contribution in [2.75, 3.05) is 13.1 Å². The molecule has 1 saturated heterocycles. The molecule has 2 N–H and O–H groups in total. The number of aromatic nitrogens is 1. The molecule has 3 nitrogen and oxygen atoms in total. The Bertz CT molecular complexity index is 302. The molecule has 2 rings (SSSR count). The topological polar surface area (TPSA) is 42.2 Å². The molecule has 0 radical (unpaired) electrons. The quantitative estimate of drug-likeness (QED) is 0.766. The lowest BCUT2D eigenvalue weighted by atomic mass is 10.1. The van der Waals surface area contributed by atoms with E-state index in [-0.39, 0.29) is 0 Å². The summed E-state index contributed by atoms with van der Waals surface area (Å²) in [4.78, 5) is 8.16. The number of aryl methyl sites for hydroxylation is 2. The molecule has 0 amide bonds. The molecule has 0 unspecified atom stereocenters. The number of nitrogens with two attached hydrogens (primary N) is 1. The number of hydrogen-bond donors (Lipinski definition) is 1. The lowest BCUT2D eigenvalue weighted by Gasteiger charge is -2.36. The van der Waals surface area contributed by atoms with Crippen LogP contribution in [0, 0.1) is 13.8 Å². The van der Waals surface area contributed by atoms with Crippen LogP contribution in [-0.4, -0.2) is 29.0 Å². The van der Waals surface area contributed by atoms with Gasteiger partial charge in [-0.3, -0.25) is 4.90 Å². The van der Waals surface area contributed by atoms with E-state index in [0.29, 0.717) is 6.04 Å². The highest BCUT2D eigenvalue weighted by Gasteiger charge is 2.23. The summed E-state index contributed by atoms with van der Waals surface area (Å²) in [6.45, 7) is 7.25. The van der Waals surface area contributed by atoms with E-state index in [1.807, 2.05) is 0 Å². The Morgan fingerprint density at radius 2 is 2.23 bits per heavy atom. The summed E-state index contributed by atoms with van der Waals surface area (Å²) >= 11 is 1.80. The molecular weight excluding hydrogens is 182 g/mol. The zero-order valence-corrected chi connectivity index (χ0v) is 8.90. The Balaban J connectivity index is 1.98. The first-order valence-corrected chi connectivity index (χ1v) is 5.37. The molecule has 1 aromatic rings. The van der Waals surface area contributed by atoms with Crippen molar-refractivity contribution in [2.45, 2.75) is 26.4 Å². The van der Waals surface area contributed by atoms with Crippen molar-refractivity contribution in [3.63, 3.8) is 0 Å². The molecule has 0 saturated carbocycles. The Morgan fingerprint density at radius 3 is 2.69 bits per heavy atom. The fourth-order valence-electron chi connectivity index (χ4n) is 1.66. The van der Waals surface area contributed by atoms with Gasteiger partial charge in [-0.1, -0.05) is 0 Å². The average molecular weight is 197 g/mol. The van der Waals surface area contributed by atoms with Crippen molar-refractivity contribution in [1.82, 2.24) is 9.88 Å². The minimum absolute atomic E-state index is 0.398. The highest BCUT2D eigenvalue weighted by molar-refractivity contribution is 7.11. The lowest BCUT2D eigenvalue weighted by Crippen LogP contribution is -2.54. The summed E-state index contributed by atoms with van der Waals surface area (Å²) in [5.74, 6) is 0. The zero-order chi connectivity index (χ0) is 9.42. The molecule has 0 atom stereocenters. The summed E-state index contributed by atoms with van der Waals surface area (Å²) in [6.07, 6.45) is 0. The van der Waals surface area contributed by atoms with E-state index in [1.54, 1.807) is 11.3 Å². The predicted octanol–water partition coefficient (Wildman–Crippen LogP) is 0.903. The van der Waals surface area contributed by atoms with Crippen molar-refractivity contribution in [1.29, 1.82) is 0 Å². The van der Waals surface area contributed by atoms with E-state index in [2.05, 4.69) is 23.7 Å². The third-order valence-electron chi connectivity index (χ3n) is 2.35. The Morgan fingerprint density at radius 1 is 1.54 bits per heavy atom. The number of likely N-dealkylation sites (tertiary alicyclic amines) is 1. The molecule has 1 fully saturated rings. The van der Waals surface area contributed by atoms with E-state index >= 15 is 0 Å². The van der Waals surface area contributed by atoms with Crippen LogP contribution in [0.15, 0.2) is 0 Å². The lowest BCUT2D eigenvalue weighted by molar-refractivity contribution is 0.143. The normalized spacial score (nSPS) is 19.0. The molecule has 2 heterocycles. The van der Waals surface area contributed by atoms with E-state index in [4.69, 9.17) is 5.73 Å². The maximum atomic E-state index is 5.71. The fourth-order valence-corrected chi connectivity index (χ4v) is 2.64. The van der Waals surface area contributed by atoms with Gasteiger partial charge in [0, 0.05) is 30.6 Å². The van der Waals surface area contributed by atoms with Gasteiger partial charge in [0.15, 0.2) is 0 Å². The van der Waals surface area contributed by atoms with Crippen LogP contribution in [0.25, 0.3) is 0 Å². The van der Waals surface area contributed by atoms with Crippen LogP contribution in [0.2, 0.25) is 0 Å². The molecular formula is C9H15N3S. The molecule has 1 aliphatic rings. The summed E-state index contributed by atoms with van der Waals surface area (Å²) in [5.41, 5.74) is 6.90. The molecule has 4 heteroatoms. The van der Waals surface area contributed by atoms with Gasteiger partial charge in [-0.15, -0.1) is 11.3 Å². The Kier molecular flexibility index (Phi) is 2.36. The van der Waals surface area contributed by atoms with Crippen LogP contribution < -0.4 is 5.73 Å². The van der Waals surface area contributed by atoms with Gasteiger partial charge in [0.2, 0.25) is 0 Å². The summed E-state index contributed by atoms with van der Waals surface area (Å²) < 4.78 is 0. The third kappa shape index (κ3) is 1.90. The van der Waals surface area contributed by atoms with Gasteiger partial charge < -0.3 is 5.73 Å². The predicted molar refractivity (Wildman–Crippen MR) is 54.8 cm³/mol. The molecule has 0 aliphatic carbocycles. The van der Waals surface area contributed by atoms with Crippen LogP contribution in [-0.2, 0) is 6.54 Å². The second kappa shape index (κ2) is 3.36. The largest absolute Gasteiger partial charge is 0.325 e. The minimum Gasteiger partial charge on any atom is -0.325 e. The van der Waals surface area contributed by atoms with E-state index in [1.165, 1.54) is 10.6 Å². The van der Waals surface area contributed by atoms with Gasteiger partial charge in [-0.2, -0.15) is 0 Å². The van der Waals surface area contributed by atoms with Crippen LogP contribution in [0.1, 0.15) is 15.6 Å². The van der Waals surface area contributed by atoms with Gasteiger partial charge in [-0.05, 0) is 13.8 Å². The van der Waals surface area contributed by atoms with Gasteiger partial charge >= 0.3 is 0 Å². The van der Waals surface area contributed by atoms with Gasteiger partial charge in [-0.25, -0.2) is 4.98 Å². The summed E-state index contributed by atoms with van der Waals surface area (Å²) in [5, 5.41) is 1.16. The highest BCUT2D eigenvalue weighted by Crippen LogP contribution is 2.21. The molecule has 1 aromatic heterocycles. The molecule has 0 spiro atoms. The monoisotopic (exact) mass is 197 g/mol. The molecule has 0 aromatic carbocycles. The third-order valence-corrected chi connectivity index (χ3v) is 3.41. The first-order chi connectivity index (χ1) is 6.15. The van der Waals surface area contributed by atoms with Gasteiger partial charge in [0.1, 0.15) is 0 Å². The average Bonchev–Trinajstić information content (AvgIpc) is 2.27. The van der Waals surface area contributed by atoms with Crippen molar-refractivity contribution in [3.8, 4) is 0 Å². The zero-order valence-electron chi connectivity index (χ0n) is 8.08. The Hall–Kier alpha value is -0.450. The number of rotatable bonds is 2. The highest BCUT2D eigenvalue weighted by atomic mass is 32.1. The number of thiazole rings is 1.